The summed E-state index contributed by atoms with van der Waals surface area (Å²) in [5, 5.41) is 0. The van der Waals surface area contributed by atoms with Gasteiger partial charge in [-0.15, -0.1) is 0 Å². The van der Waals surface area contributed by atoms with E-state index in [2.05, 4.69) is 55.0 Å². The first-order chi connectivity index (χ1) is 13.4. The highest BCUT2D eigenvalue weighted by atomic mass is 16.2. The highest BCUT2D eigenvalue weighted by Gasteiger charge is 2.46. The molecule has 2 saturated heterocycles. The predicted molar refractivity (Wildman–Crippen MR) is 110 cm³/mol. The number of nitrogens with zero attached hydrogens (tertiary/aromatic N) is 3. The van der Waals surface area contributed by atoms with Crippen LogP contribution in [0.2, 0.25) is 0 Å². The van der Waals surface area contributed by atoms with Crippen molar-refractivity contribution in [3.63, 3.8) is 0 Å². The van der Waals surface area contributed by atoms with E-state index in [9.17, 15) is 9.59 Å². The maximum Gasteiger partial charge on any atom is 0.240 e. The molecule has 1 aromatic rings. The molecule has 5 heteroatoms. The Balaban J connectivity index is 1.38. The Kier molecular flexibility index (Phi) is 5.21. The van der Waals surface area contributed by atoms with Crippen molar-refractivity contribution in [2.75, 3.05) is 33.2 Å². The van der Waals surface area contributed by atoms with Gasteiger partial charge in [0.25, 0.3) is 0 Å². The van der Waals surface area contributed by atoms with Crippen LogP contribution >= 0.6 is 0 Å². The summed E-state index contributed by atoms with van der Waals surface area (Å²) in [6, 6.07) is 8.39. The van der Waals surface area contributed by atoms with Crippen molar-refractivity contribution in [1.82, 2.24) is 14.7 Å². The lowest BCUT2D eigenvalue weighted by atomic mass is 9.77. The third-order valence-corrected chi connectivity index (χ3v) is 6.90. The third kappa shape index (κ3) is 3.69. The summed E-state index contributed by atoms with van der Waals surface area (Å²) < 4.78 is 0. The monoisotopic (exact) mass is 383 g/mol. The maximum atomic E-state index is 13.3. The van der Waals surface area contributed by atoms with E-state index in [1.807, 2.05) is 4.90 Å². The third-order valence-electron chi connectivity index (χ3n) is 6.90. The van der Waals surface area contributed by atoms with Gasteiger partial charge in [0.15, 0.2) is 0 Å². The molecule has 3 aliphatic heterocycles. The van der Waals surface area contributed by atoms with Crippen LogP contribution in [0.4, 0.5) is 0 Å². The van der Waals surface area contributed by atoms with Crippen LogP contribution in [0.15, 0.2) is 24.3 Å². The first kappa shape index (κ1) is 19.4. The van der Waals surface area contributed by atoms with Crippen molar-refractivity contribution >= 4 is 11.8 Å². The molecule has 5 nitrogen and oxygen atoms in total. The van der Waals surface area contributed by atoms with Crippen LogP contribution < -0.4 is 0 Å². The van der Waals surface area contributed by atoms with Gasteiger partial charge in [0.2, 0.25) is 11.8 Å². The molecule has 152 valence electrons. The largest absolute Gasteiger partial charge is 0.342 e. The van der Waals surface area contributed by atoms with Gasteiger partial charge in [0.05, 0.1) is 6.04 Å². The van der Waals surface area contributed by atoms with E-state index in [0.717, 1.165) is 52.0 Å². The molecule has 2 amide bonds. The van der Waals surface area contributed by atoms with Crippen LogP contribution in [-0.2, 0) is 22.6 Å². The minimum Gasteiger partial charge on any atom is -0.342 e. The minimum absolute atomic E-state index is 0.0633. The number of carbonyl (C=O) groups is 2. The number of fused-ring (bicyclic) bond motifs is 1. The summed E-state index contributed by atoms with van der Waals surface area (Å²) >= 11 is 0. The topological polar surface area (TPSA) is 43.9 Å². The lowest BCUT2D eigenvalue weighted by molar-refractivity contribution is -0.139. The Morgan fingerprint density at radius 2 is 1.86 bits per heavy atom. The van der Waals surface area contributed by atoms with Gasteiger partial charge in [-0.2, -0.15) is 0 Å². The SMILES string of the molecule is CC(C)CN1CC2(CCN(C(=O)C3Cc4ccccc4CN3C)CC2)CC1=O. The number of likely N-dealkylation sites (N-methyl/N-ethyl adjacent to an activating group) is 1. The number of carbonyl (C=O) groups excluding carboxylic acids is 2. The van der Waals surface area contributed by atoms with E-state index >= 15 is 0 Å². The van der Waals surface area contributed by atoms with E-state index in [1.165, 1.54) is 11.1 Å². The summed E-state index contributed by atoms with van der Waals surface area (Å²) in [6.07, 6.45) is 3.37. The van der Waals surface area contributed by atoms with Crippen molar-refractivity contribution in [1.29, 1.82) is 0 Å². The summed E-state index contributed by atoms with van der Waals surface area (Å²) in [6.45, 7) is 8.47. The molecule has 3 aliphatic rings. The second-order valence-corrected chi connectivity index (χ2v) is 9.57. The zero-order valence-corrected chi connectivity index (χ0v) is 17.5. The standard InChI is InChI=1S/C23H33N3O2/c1-17(2)14-26-16-23(13-21(26)27)8-10-25(11-9-23)22(28)20-12-18-6-4-5-7-19(18)15-24(20)3/h4-7,17,20H,8-16H2,1-3H3. The normalized spacial score (nSPS) is 24.9. The Bertz CT molecular complexity index is 752. The van der Waals surface area contributed by atoms with Gasteiger partial charge < -0.3 is 9.80 Å². The molecule has 3 heterocycles. The van der Waals surface area contributed by atoms with Gasteiger partial charge in [-0.1, -0.05) is 38.1 Å². The molecule has 28 heavy (non-hydrogen) atoms. The van der Waals surface area contributed by atoms with Crippen molar-refractivity contribution in [2.24, 2.45) is 11.3 Å². The number of hydrogen-bond acceptors (Lipinski definition) is 3. The Hall–Kier alpha value is -1.88. The van der Waals surface area contributed by atoms with Gasteiger partial charge in [-0.05, 0) is 43.4 Å². The van der Waals surface area contributed by atoms with Crippen molar-refractivity contribution in [3.05, 3.63) is 35.4 Å². The average molecular weight is 384 g/mol. The van der Waals surface area contributed by atoms with E-state index in [1.54, 1.807) is 0 Å². The van der Waals surface area contributed by atoms with Gasteiger partial charge in [-0.3, -0.25) is 14.5 Å². The number of rotatable bonds is 3. The molecule has 1 spiro atoms. The van der Waals surface area contributed by atoms with Crippen LogP contribution in [0, 0.1) is 11.3 Å². The van der Waals surface area contributed by atoms with Gasteiger partial charge in [-0.25, -0.2) is 0 Å². The number of amides is 2. The van der Waals surface area contributed by atoms with Crippen molar-refractivity contribution < 1.29 is 9.59 Å². The number of piperidine rings is 1. The van der Waals surface area contributed by atoms with Gasteiger partial charge in [0, 0.05) is 44.6 Å². The molecule has 0 aromatic heterocycles. The fraction of sp³-hybridized carbons (Fsp3) is 0.652. The molecule has 0 saturated carbocycles. The second kappa shape index (κ2) is 7.51. The van der Waals surface area contributed by atoms with Crippen molar-refractivity contribution in [2.45, 2.75) is 52.1 Å². The van der Waals surface area contributed by atoms with Gasteiger partial charge in [0.1, 0.15) is 0 Å². The van der Waals surface area contributed by atoms with E-state index in [-0.39, 0.29) is 17.4 Å². The quantitative estimate of drug-likeness (QED) is 0.806. The molecule has 0 radical (unpaired) electrons. The predicted octanol–water partition coefficient (Wildman–Crippen LogP) is 2.54. The summed E-state index contributed by atoms with van der Waals surface area (Å²) in [5.41, 5.74) is 2.73. The van der Waals surface area contributed by atoms with Crippen LogP contribution in [-0.4, -0.2) is 65.8 Å². The zero-order chi connectivity index (χ0) is 19.9. The molecule has 1 atom stereocenters. The van der Waals surface area contributed by atoms with E-state index in [4.69, 9.17) is 0 Å². The maximum absolute atomic E-state index is 13.3. The molecule has 2 fully saturated rings. The fourth-order valence-electron chi connectivity index (χ4n) is 5.27. The molecular formula is C23H33N3O2. The van der Waals surface area contributed by atoms with Gasteiger partial charge >= 0.3 is 0 Å². The highest BCUT2D eigenvalue weighted by molar-refractivity contribution is 5.83. The Labute approximate surface area is 168 Å². The molecule has 1 unspecified atom stereocenters. The molecule has 0 bridgehead atoms. The first-order valence-electron chi connectivity index (χ1n) is 10.7. The first-order valence-corrected chi connectivity index (χ1v) is 10.7. The molecule has 0 aliphatic carbocycles. The Morgan fingerprint density at radius 1 is 1.18 bits per heavy atom. The molecule has 0 N–H and O–H groups in total. The molecule has 4 rings (SSSR count). The van der Waals surface area contributed by atoms with Crippen LogP contribution in [0.3, 0.4) is 0 Å². The number of benzene rings is 1. The number of hydrogen-bond donors (Lipinski definition) is 0. The number of likely N-dealkylation sites (tertiary alicyclic amines) is 2. The van der Waals surface area contributed by atoms with Crippen molar-refractivity contribution in [3.8, 4) is 0 Å². The molecule has 1 aromatic carbocycles. The zero-order valence-electron chi connectivity index (χ0n) is 17.5. The average Bonchev–Trinajstić information content (AvgIpc) is 2.95. The fourth-order valence-corrected chi connectivity index (χ4v) is 5.27. The lowest BCUT2D eigenvalue weighted by Crippen LogP contribution is -2.53. The smallest absolute Gasteiger partial charge is 0.240 e. The lowest BCUT2D eigenvalue weighted by Gasteiger charge is -2.42. The van der Waals surface area contributed by atoms with E-state index < -0.39 is 0 Å². The summed E-state index contributed by atoms with van der Waals surface area (Å²) in [5.74, 6) is 1.07. The second-order valence-electron chi connectivity index (χ2n) is 9.57. The van der Waals surface area contributed by atoms with Crippen LogP contribution in [0.5, 0.6) is 0 Å². The minimum atomic E-state index is -0.0633. The summed E-state index contributed by atoms with van der Waals surface area (Å²) in [4.78, 5) is 32.0. The van der Waals surface area contributed by atoms with E-state index in [0.29, 0.717) is 18.2 Å². The van der Waals surface area contributed by atoms with Crippen LogP contribution in [0.1, 0.15) is 44.2 Å². The molecular weight excluding hydrogens is 350 g/mol. The summed E-state index contributed by atoms with van der Waals surface area (Å²) in [7, 11) is 2.06. The highest BCUT2D eigenvalue weighted by Crippen LogP contribution is 2.41. The van der Waals surface area contributed by atoms with Crippen LogP contribution in [0.25, 0.3) is 0 Å². The Morgan fingerprint density at radius 3 is 2.54 bits per heavy atom.